The van der Waals surface area contributed by atoms with Crippen LogP contribution in [0.2, 0.25) is 0 Å². The van der Waals surface area contributed by atoms with E-state index in [1.807, 2.05) is 32.0 Å². The van der Waals surface area contributed by atoms with Gasteiger partial charge in [0.05, 0.1) is 5.92 Å². The SMILES string of the molecule is CC(C)C(=O)OC1C(C=Cc2ccccc2)C1(C)C. The van der Waals surface area contributed by atoms with E-state index in [9.17, 15) is 4.79 Å². The third-order valence-electron chi connectivity index (χ3n) is 3.82. The molecule has 0 aliphatic heterocycles. The fourth-order valence-corrected chi connectivity index (χ4v) is 2.24. The zero-order chi connectivity index (χ0) is 14.0. The number of ether oxygens (including phenoxy) is 1. The van der Waals surface area contributed by atoms with Gasteiger partial charge in [-0.25, -0.2) is 0 Å². The highest BCUT2D eigenvalue weighted by atomic mass is 16.6. The van der Waals surface area contributed by atoms with Crippen LogP contribution in [0.15, 0.2) is 36.4 Å². The summed E-state index contributed by atoms with van der Waals surface area (Å²) in [5.74, 6) is 0.152. The Morgan fingerprint density at radius 3 is 2.47 bits per heavy atom. The molecule has 19 heavy (non-hydrogen) atoms. The van der Waals surface area contributed by atoms with E-state index in [2.05, 4.69) is 38.1 Å². The third kappa shape index (κ3) is 3.06. The molecule has 102 valence electrons. The molecule has 2 unspecified atom stereocenters. The summed E-state index contributed by atoms with van der Waals surface area (Å²) in [6, 6.07) is 10.2. The largest absolute Gasteiger partial charge is 0.461 e. The molecule has 2 heteroatoms. The number of esters is 1. The smallest absolute Gasteiger partial charge is 0.308 e. The summed E-state index contributed by atoms with van der Waals surface area (Å²) >= 11 is 0. The first kappa shape index (κ1) is 13.9. The first-order valence-electron chi connectivity index (χ1n) is 6.86. The van der Waals surface area contributed by atoms with Gasteiger partial charge in [0.1, 0.15) is 6.10 Å². The maximum atomic E-state index is 11.7. The van der Waals surface area contributed by atoms with Crippen molar-refractivity contribution in [3.63, 3.8) is 0 Å². The topological polar surface area (TPSA) is 26.3 Å². The molecule has 0 radical (unpaired) electrons. The normalized spacial score (nSPS) is 24.7. The van der Waals surface area contributed by atoms with Crippen molar-refractivity contribution in [3.8, 4) is 0 Å². The molecule has 1 saturated carbocycles. The van der Waals surface area contributed by atoms with Gasteiger partial charge in [-0.2, -0.15) is 0 Å². The summed E-state index contributed by atoms with van der Waals surface area (Å²) in [5, 5.41) is 0. The maximum absolute atomic E-state index is 11.7. The van der Waals surface area contributed by atoms with Crippen LogP contribution in [0, 0.1) is 17.3 Å². The van der Waals surface area contributed by atoms with E-state index < -0.39 is 0 Å². The standard InChI is InChI=1S/C17H22O2/c1-12(2)16(18)19-15-14(17(15,3)4)11-10-13-8-6-5-7-9-13/h5-12,14-15H,1-4H3. The summed E-state index contributed by atoms with van der Waals surface area (Å²) in [6.45, 7) is 8.02. The van der Waals surface area contributed by atoms with Crippen LogP contribution in [0.5, 0.6) is 0 Å². The van der Waals surface area contributed by atoms with Crippen LogP contribution < -0.4 is 0 Å². The molecule has 0 amide bonds. The van der Waals surface area contributed by atoms with E-state index in [-0.39, 0.29) is 23.4 Å². The summed E-state index contributed by atoms with van der Waals surface area (Å²) in [5.41, 5.74) is 1.23. The third-order valence-corrected chi connectivity index (χ3v) is 3.82. The number of rotatable bonds is 4. The lowest BCUT2D eigenvalue weighted by atomic mass is 10.1. The van der Waals surface area contributed by atoms with Crippen LogP contribution >= 0.6 is 0 Å². The van der Waals surface area contributed by atoms with E-state index in [1.54, 1.807) is 0 Å². The Hall–Kier alpha value is -1.57. The Morgan fingerprint density at radius 2 is 1.89 bits per heavy atom. The highest BCUT2D eigenvalue weighted by molar-refractivity contribution is 5.72. The molecule has 1 fully saturated rings. The zero-order valence-electron chi connectivity index (χ0n) is 12.1. The lowest BCUT2D eigenvalue weighted by Gasteiger charge is -2.07. The van der Waals surface area contributed by atoms with Crippen molar-refractivity contribution >= 4 is 12.0 Å². The van der Waals surface area contributed by atoms with E-state index in [4.69, 9.17) is 4.74 Å². The monoisotopic (exact) mass is 258 g/mol. The minimum atomic E-state index is -0.103. The first-order valence-corrected chi connectivity index (χ1v) is 6.86. The molecule has 1 aromatic carbocycles. The van der Waals surface area contributed by atoms with Crippen LogP contribution in [-0.2, 0) is 9.53 Å². The van der Waals surface area contributed by atoms with Crippen molar-refractivity contribution in [3.05, 3.63) is 42.0 Å². The Morgan fingerprint density at radius 1 is 1.26 bits per heavy atom. The van der Waals surface area contributed by atoms with E-state index in [1.165, 1.54) is 5.56 Å². The number of benzene rings is 1. The predicted molar refractivity (Wildman–Crippen MR) is 77.5 cm³/mol. The lowest BCUT2D eigenvalue weighted by Crippen LogP contribution is -2.15. The van der Waals surface area contributed by atoms with Crippen LogP contribution in [-0.4, -0.2) is 12.1 Å². The van der Waals surface area contributed by atoms with Crippen molar-refractivity contribution in [1.82, 2.24) is 0 Å². The molecule has 0 heterocycles. The fourth-order valence-electron chi connectivity index (χ4n) is 2.24. The molecule has 2 atom stereocenters. The van der Waals surface area contributed by atoms with Crippen LogP contribution in [0.25, 0.3) is 6.08 Å². The van der Waals surface area contributed by atoms with Crippen molar-refractivity contribution < 1.29 is 9.53 Å². The zero-order valence-corrected chi connectivity index (χ0v) is 12.1. The average molecular weight is 258 g/mol. The molecule has 0 spiro atoms. The van der Waals surface area contributed by atoms with Gasteiger partial charge in [-0.15, -0.1) is 0 Å². The number of hydrogen-bond donors (Lipinski definition) is 0. The van der Waals surface area contributed by atoms with Gasteiger partial charge in [-0.05, 0) is 5.56 Å². The van der Waals surface area contributed by atoms with Gasteiger partial charge < -0.3 is 4.74 Å². The Bertz CT molecular complexity index is 471. The Kier molecular flexibility index (Phi) is 3.79. The molecule has 1 aliphatic carbocycles. The van der Waals surface area contributed by atoms with Gasteiger partial charge in [-0.3, -0.25) is 4.79 Å². The molecule has 2 rings (SSSR count). The molecular weight excluding hydrogens is 236 g/mol. The highest BCUT2D eigenvalue weighted by Gasteiger charge is 2.59. The van der Waals surface area contributed by atoms with Crippen molar-refractivity contribution in [2.45, 2.75) is 33.8 Å². The van der Waals surface area contributed by atoms with Crippen molar-refractivity contribution in [2.24, 2.45) is 17.3 Å². The summed E-state index contributed by atoms with van der Waals surface area (Å²) in [7, 11) is 0. The van der Waals surface area contributed by atoms with Gasteiger partial charge in [0.2, 0.25) is 0 Å². The average Bonchev–Trinajstić information content (AvgIpc) is 2.88. The van der Waals surface area contributed by atoms with E-state index >= 15 is 0 Å². The van der Waals surface area contributed by atoms with E-state index in [0.717, 1.165) is 0 Å². The Labute approximate surface area is 115 Å². The van der Waals surface area contributed by atoms with Gasteiger partial charge in [0.25, 0.3) is 0 Å². The second kappa shape index (κ2) is 5.20. The predicted octanol–water partition coefficient (Wildman–Crippen LogP) is 3.92. The van der Waals surface area contributed by atoms with Crippen LogP contribution in [0.4, 0.5) is 0 Å². The molecule has 1 aliphatic rings. The molecule has 1 aromatic rings. The molecule has 0 bridgehead atoms. The summed E-state index contributed by atoms with van der Waals surface area (Å²) in [6.07, 6.45) is 4.28. The van der Waals surface area contributed by atoms with Gasteiger partial charge in [-0.1, -0.05) is 70.2 Å². The first-order chi connectivity index (χ1) is 8.93. The maximum Gasteiger partial charge on any atom is 0.308 e. The fraction of sp³-hybridized carbons (Fsp3) is 0.471. The summed E-state index contributed by atoms with van der Waals surface area (Å²) < 4.78 is 5.55. The van der Waals surface area contributed by atoms with Crippen molar-refractivity contribution in [2.75, 3.05) is 0 Å². The van der Waals surface area contributed by atoms with E-state index in [0.29, 0.717) is 5.92 Å². The number of carbonyl (C=O) groups is 1. The quantitative estimate of drug-likeness (QED) is 0.765. The molecule has 0 saturated heterocycles. The van der Waals surface area contributed by atoms with Gasteiger partial charge >= 0.3 is 5.97 Å². The van der Waals surface area contributed by atoms with Gasteiger partial charge in [0.15, 0.2) is 0 Å². The second-order valence-corrected chi connectivity index (χ2v) is 6.13. The summed E-state index contributed by atoms with van der Waals surface area (Å²) in [4.78, 5) is 11.7. The Balaban J connectivity index is 1.98. The molecular formula is C17H22O2. The minimum absolute atomic E-state index is 0.0161. The second-order valence-electron chi connectivity index (χ2n) is 6.13. The molecule has 2 nitrogen and oxygen atoms in total. The number of carbonyl (C=O) groups excluding carboxylic acids is 1. The van der Waals surface area contributed by atoms with Crippen LogP contribution in [0.1, 0.15) is 33.3 Å². The molecule has 0 N–H and O–H groups in total. The van der Waals surface area contributed by atoms with Crippen molar-refractivity contribution in [1.29, 1.82) is 0 Å². The lowest BCUT2D eigenvalue weighted by molar-refractivity contribution is -0.149. The number of hydrogen-bond acceptors (Lipinski definition) is 2. The minimum Gasteiger partial charge on any atom is -0.461 e. The molecule has 0 aromatic heterocycles. The highest BCUT2D eigenvalue weighted by Crippen LogP contribution is 2.55. The van der Waals surface area contributed by atoms with Crippen LogP contribution in [0.3, 0.4) is 0 Å². The van der Waals surface area contributed by atoms with Gasteiger partial charge in [0, 0.05) is 11.3 Å².